The Morgan fingerprint density at radius 1 is 1.10 bits per heavy atom. The predicted molar refractivity (Wildman–Crippen MR) is 78.5 cm³/mol. The zero-order valence-corrected chi connectivity index (χ0v) is 11.1. The van der Waals surface area contributed by atoms with Crippen molar-refractivity contribution in [3.63, 3.8) is 0 Å². The van der Waals surface area contributed by atoms with Gasteiger partial charge in [0.25, 0.3) is 0 Å². The van der Waals surface area contributed by atoms with Gasteiger partial charge in [-0.3, -0.25) is 0 Å². The fourth-order valence-electron chi connectivity index (χ4n) is 2.76. The lowest BCUT2D eigenvalue weighted by molar-refractivity contribution is 0.174. The zero-order valence-electron chi connectivity index (χ0n) is 11.1. The molecule has 102 valence electrons. The third-order valence-corrected chi connectivity index (χ3v) is 3.79. The smallest absolute Gasteiger partial charge is 0.231 e. The Balaban J connectivity index is 1.52. The van der Waals surface area contributed by atoms with Gasteiger partial charge in [0.15, 0.2) is 11.5 Å². The molecule has 0 amide bonds. The first-order valence-corrected chi connectivity index (χ1v) is 6.88. The fraction of sp³-hybridized carbons (Fsp3) is 0.250. The lowest BCUT2D eigenvalue weighted by Gasteiger charge is -2.11. The molecule has 2 N–H and O–H groups in total. The van der Waals surface area contributed by atoms with Crippen LogP contribution in [0.1, 0.15) is 11.1 Å². The fourth-order valence-corrected chi connectivity index (χ4v) is 2.76. The van der Waals surface area contributed by atoms with E-state index >= 15 is 0 Å². The van der Waals surface area contributed by atoms with Crippen molar-refractivity contribution in [2.75, 3.05) is 24.0 Å². The average Bonchev–Trinajstić information content (AvgIpc) is 3.13. The maximum Gasteiger partial charge on any atom is 0.231 e. The van der Waals surface area contributed by atoms with Crippen molar-refractivity contribution >= 4 is 11.4 Å². The van der Waals surface area contributed by atoms with Gasteiger partial charge in [0, 0.05) is 30.5 Å². The molecule has 0 bridgehead atoms. The standard InChI is InChI=1S/C16H16N2O2/c1-2-11-6-7-17-16(11)12(3-1)9-18-13-4-5-14-15(8-13)20-10-19-14/h1-5,8,17-18H,6-7,9-10H2. The SMILES string of the molecule is c1cc2c(c(CNc3ccc4c(c3)OCO4)c1)NCC2. The molecule has 0 atom stereocenters. The molecule has 0 aliphatic carbocycles. The minimum absolute atomic E-state index is 0.314. The molecule has 2 aliphatic rings. The van der Waals surface area contributed by atoms with Crippen molar-refractivity contribution in [3.8, 4) is 11.5 Å². The van der Waals surface area contributed by atoms with Crippen LogP contribution in [-0.2, 0) is 13.0 Å². The Morgan fingerprint density at radius 2 is 2.05 bits per heavy atom. The number of fused-ring (bicyclic) bond motifs is 2. The topological polar surface area (TPSA) is 42.5 Å². The van der Waals surface area contributed by atoms with E-state index in [0.29, 0.717) is 6.79 Å². The van der Waals surface area contributed by atoms with Gasteiger partial charge in [-0.05, 0) is 29.7 Å². The average molecular weight is 268 g/mol. The first kappa shape index (κ1) is 11.5. The van der Waals surface area contributed by atoms with E-state index in [4.69, 9.17) is 9.47 Å². The summed E-state index contributed by atoms with van der Waals surface area (Å²) in [5.74, 6) is 1.63. The molecule has 0 fully saturated rings. The van der Waals surface area contributed by atoms with Crippen molar-refractivity contribution in [1.29, 1.82) is 0 Å². The normalized spacial score (nSPS) is 14.8. The molecule has 0 saturated carbocycles. The summed E-state index contributed by atoms with van der Waals surface area (Å²) in [6.07, 6.45) is 1.12. The lowest BCUT2D eigenvalue weighted by Crippen LogP contribution is -2.03. The van der Waals surface area contributed by atoms with E-state index < -0.39 is 0 Å². The molecule has 4 rings (SSSR count). The Bertz CT molecular complexity index is 655. The second kappa shape index (κ2) is 4.63. The van der Waals surface area contributed by atoms with E-state index in [1.807, 2.05) is 18.2 Å². The summed E-state index contributed by atoms with van der Waals surface area (Å²) >= 11 is 0. The van der Waals surface area contributed by atoms with Crippen LogP contribution in [-0.4, -0.2) is 13.3 Å². The van der Waals surface area contributed by atoms with Gasteiger partial charge < -0.3 is 20.1 Å². The van der Waals surface area contributed by atoms with Crippen LogP contribution in [0.3, 0.4) is 0 Å². The number of rotatable bonds is 3. The number of hydrogen-bond acceptors (Lipinski definition) is 4. The Labute approximate surface area is 117 Å². The van der Waals surface area contributed by atoms with Gasteiger partial charge in [-0.15, -0.1) is 0 Å². The second-order valence-electron chi connectivity index (χ2n) is 5.05. The molecule has 2 aromatic carbocycles. The van der Waals surface area contributed by atoms with Crippen molar-refractivity contribution in [2.24, 2.45) is 0 Å². The Kier molecular flexibility index (Phi) is 2.66. The minimum atomic E-state index is 0.314. The maximum absolute atomic E-state index is 5.39. The quantitative estimate of drug-likeness (QED) is 0.898. The molecule has 4 heteroatoms. The summed E-state index contributed by atoms with van der Waals surface area (Å²) in [5, 5.41) is 6.91. The van der Waals surface area contributed by atoms with Crippen LogP contribution in [0.25, 0.3) is 0 Å². The van der Waals surface area contributed by atoms with Crippen LogP contribution in [0.4, 0.5) is 11.4 Å². The van der Waals surface area contributed by atoms with E-state index in [1.54, 1.807) is 0 Å². The Hall–Kier alpha value is -2.36. The number of benzene rings is 2. The highest BCUT2D eigenvalue weighted by Crippen LogP contribution is 2.34. The first-order valence-electron chi connectivity index (χ1n) is 6.88. The number of hydrogen-bond donors (Lipinski definition) is 2. The van der Waals surface area contributed by atoms with Gasteiger partial charge >= 0.3 is 0 Å². The highest BCUT2D eigenvalue weighted by Gasteiger charge is 2.15. The van der Waals surface area contributed by atoms with E-state index in [1.165, 1.54) is 16.8 Å². The summed E-state index contributed by atoms with van der Waals surface area (Å²) in [6, 6.07) is 12.4. The molecule has 0 saturated heterocycles. The summed E-state index contributed by atoms with van der Waals surface area (Å²) < 4.78 is 10.7. The van der Waals surface area contributed by atoms with Crippen molar-refractivity contribution < 1.29 is 9.47 Å². The van der Waals surface area contributed by atoms with Crippen molar-refractivity contribution in [1.82, 2.24) is 0 Å². The number of nitrogens with one attached hydrogen (secondary N) is 2. The minimum Gasteiger partial charge on any atom is -0.454 e. The van der Waals surface area contributed by atoms with Crippen molar-refractivity contribution in [3.05, 3.63) is 47.5 Å². The van der Waals surface area contributed by atoms with E-state index in [0.717, 1.165) is 36.7 Å². The summed E-state index contributed by atoms with van der Waals surface area (Å²) in [5.41, 5.74) is 5.05. The monoisotopic (exact) mass is 268 g/mol. The second-order valence-corrected chi connectivity index (χ2v) is 5.05. The largest absolute Gasteiger partial charge is 0.454 e. The van der Waals surface area contributed by atoms with Gasteiger partial charge in [-0.1, -0.05) is 18.2 Å². The number of para-hydroxylation sites is 1. The van der Waals surface area contributed by atoms with Crippen molar-refractivity contribution in [2.45, 2.75) is 13.0 Å². The molecule has 0 aromatic heterocycles. The van der Waals surface area contributed by atoms with Gasteiger partial charge in [0.1, 0.15) is 0 Å². The number of anilines is 2. The summed E-state index contributed by atoms with van der Waals surface area (Å²) in [6.45, 7) is 2.15. The highest BCUT2D eigenvalue weighted by molar-refractivity contribution is 5.63. The zero-order chi connectivity index (χ0) is 13.4. The van der Waals surface area contributed by atoms with Gasteiger partial charge in [0.2, 0.25) is 6.79 Å². The molecular formula is C16H16N2O2. The van der Waals surface area contributed by atoms with Gasteiger partial charge in [0.05, 0.1) is 0 Å². The summed E-state index contributed by atoms with van der Waals surface area (Å²) in [7, 11) is 0. The summed E-state index contributed by atoms with van der Waals surface area (Å²) in [4.78, 5) is 0. The molecule has 2 aliphatic heterocycles. The lowest BCUT2D eigenvalue weighted by atomic mass is 10.1. The van der Waals surface area contributed by atoms with E-state index in [9.17, 15) is 0 Å². The molecule has 4 nitrogen and oxygen atoms in total. The maximum atomic E-state index is 5.39. The number of ether oxygens (including phenoxy) is 2. The van der Waals surface area contributed by atoms with Crippen LogP contribution in [0.5, 0.6) is 11.5 Å². The van der Waals surface area contributed by atoms with Gasteiger partial charge in [-0.2, -0.15) is 0 Å². The predicted octanol–water partition coefficient (Wildman–Crippen LogP) is 3.00. The molecule has 20 heavy (non-hydrogen) atoms. The molecule has 2 aromatic rings. The molecule has 0 radical (unpaired) electrons. The third kappa shape index (κ3) is 1.93. The van der Waals surface area contributed by atoms with Crippen LogP contribution in [0, 0.1) is 0 Å². The van der Waals surface area contributed by atoms with Crippen LogP contribution in [0.15, 0.2) is 36.4 Å². The first-order chi connectivity index (χ1) is 9.90. The molecular weight excluding hydrogens is 252 g/mol. The Morgan fingerprint density at radius 3 is 3.05 bits per heavy atom. The van der Waals surface area contributed by atoms with E-state index in [-0.39, 0.29) is 0 Å². The van der Waals surface area contributed by atoms with Gasteiger partial charge in [-0.25, -0.2) is 0 Å². The molecule has 0 spiro atoms. The van der Waals surface area contributed by atoms with Crippen LogP contribution >= 0.6 is 0 Å². The van der Waals surface area contributed by atoms with Crippen LogP contribution in [0.2, 0.25) is 0 Å². The van der Waals surface area contributed by atoms with E-state index in [2.05, 4.69) is 28.8 Å². The molecule has 0 unspecified atom stereocenters. The third-order valence-electron chi connectivity index (χ3n) is 3.79. The highest BCUT2D eigenvalue weighted by atomic mass is 16.7. The molecule has 2 heterocycles. The van der Waals surface area contributed by atoms with Crippen LogP contribution < -0.4 is 20.1 Å².